The number of nitrogens with one attached hydrogen (secondary N) is 1. The molecule has 0 spiro atoms. The zero-order valence-electron chi connectivity index (χ0n) is 15.9. The first-order valence-electron chi connectivity index (χ1n) is 8.80. The maximum Gasteiger partial charge on any atom is 0.338 e. The number of esters is 1. The predicted molar refractivity (Wildman–Crippen MR) is 101 cm³/mol. The normalized spacial score (nSPS) is 16.6. The number of non-ortho nitro benzene ring substituents is 1. The van der Waals surface area contributed by atoms with Gasteiger partial charge in [-0.1, -0.05) is 0 Å². The fourth-order valence-electron chi connectivity index (χ4n) is 2.73. The Morgan fingerprint density at radius 2 is 1.79 bits per heavy atom. The first kappa shape index (κ1) is 22.3. The van der Waals surface area contributed by atoms with Gasteiger partial charge in [-0.05, 0) is 19.9 Å². The van der Waals surface area contributed by atoms with E-state index in [1.54, 1.807) is 6.92 Å². The van der Waals surface area contributed by atoms with Crippen LogP contribution in [-0.2, 0) is 19.4 Å². The Hall–Kier alpha value is -3.02. The van der Waals surface area contributed by atoms with Crippen LogP contribution in [0.2, 0.25) is 0 Å². The minimum atomic E-state index is -3.16. The van der Waals surface area contributed by atoms with E-state index in [-0.39, 0.29) is 42.3 Å². The molecule has 29 heavy (non-hydrogen) atoms. The molecule has 1 aliphatic rings. The molecule has 1 saturated heterocycles. The molecule has 1 heterocycles. The molecular weight excluding hydrogens is 406 g/mol. The van der Waals surface area contributed by atoms with Gasteiger partial charge < -0.3 is 15.0 Å². The van der Waals surface area contributed by atoms with Crippen molar-refractivity contribution in [3.05, 3.63) is 39.4 Å². The summed E-state index contributed by atoms with van der Waals surface area (Å²) in [5.74, 6) is -2.36. The lowest BCUT2D eigenvalue weighted by Gasteiger charge is -2.29. The van der Waals surface area contributed by atoms with Gasteiger partial charge in [-0.25, -0.2) is 13.2 Å². The number of benzene rings is 1. The van der Waals surface area contributed by atoms with Crippen molar-refractivity contribution in [2.45, 2.75) is 19.9 Å². The highest BCUT2D eigenvalue weighted by atomic mass is 32.2. The highest BCUT2D eigenvalue weighted by molar-refractivity contribution is 7.91. The van der Waals surface area contributed by atoms with Gasteiger partial charge in [0.05, 0.1) is 28.6 Å². The van der Waals surface area contributed by atoms with Crippen LogP contribution in [0, 0.1) is 10.1 Å². The summed E-state index contributed by atoms with van der Waals surface area (Å²) in [5.41, 5.74) is -0.810. The average Bonchev–Trinajstić information content (AvgIpc) is 2.67. The van der Waals surface area contributed by atoms with E-state index in [1.807, 2.05) is 0 Å². The summed E-state index contributed by atoms with van der Waals surface area (Å²) in [7, 11) is -3.16. The number of nitrogens with zero attached hydrogens (tertiary/aromatic N) is 2. The number of ether oxygens (including phenoxy) is 1. The maximum atomic E-state index is 12.5. The predicted octanol–water partition coefficient (Wildman–Crippen LogP) is 0.147. The molecule has 1 aromatic rings. The van der Waals surface area contributed by atoms with E-state index in [4.69, 9.17) is 4.74 Å². The smallest absolute Gasteiger partial charge is 0.338 e. The van der Waals surface area contributed by atoms with Crippen molar-refractivity contribution in [1.82, 2.24) is 10.2 Å². The molecule has 1 aliphatic heterocycles. The largest absolute Gasteiger partial charge is 0.462 e. The molecule has 1 fully saturated rings. The third-order valence-electron chi connectivity index (χ3n) is 4.28. The molecule has 0 bridgehead atoms. The quantitative estimate of drug-likeness (QED) is 0.382. The molecule has 0 radical (unpaired) electrons. The Bertz CT molecular complexity index is 930. The van der Waals surface area contributed by atoms with Crippen LogP contribution in [-0.4, -0.2) is 73.3 Å². The number of carbonyl (C=O) groups is 3. The Labute approximate surface area is 167 Å². The van der Waals surface area contributed by atoms with Crippen molar-refractivity contribution >= 4 is 33.3 Å². The highest BCUT2D eigenvalue weighted by Crippen LogP contribution is 2.18. The van der Waals surface area contributed by atoms with E-state index in [2.05, 4.69) is 5.32 Å². The van der Waals surface area contributed by atoms with Gasteiger partial charge in [0.25, 0.3) is 11.6 Å². The van der Waals surface area contributed by atoms with E-state index in [1.165, 1.54) is 11.8 Å². The molecule has 1 atom stereocenters. The highest BCUT2D eigenvalue weighted by Gasteiger charge is 2.29. The van der Waals surface area contributed by atoms with E-state index in [0.717, 1.165) is 18.2 Å². The zero-order chi connectivity index (χ0) is 21.8. The molecule has 1 N–H and O–H groups in total. The van der Waals surface area contributed by atoms with Gasteiger partial charge in [-0.3, -0.25) is 19.7 Å². The minimum absolute atomic E-state index is 0.0329. The van der Waals surface area contributed by atoms with Crippen molar-refractivity contribution in [3.63, 3.8) is 0 Å². The van der Waals surface area contributed by atoms with Gasteiger partial charge in [0.2, 0.25) is 5.91 Å². The zero-order valence-corrected chi connectivity index (χ0v) is 16.7. The summed E-state index contributed by atoms with van der Waals surface area (Å²) >= 11 is 0. The lowest BCUT2D eigenvalue weighted by atomic mass is 10.1. The first-order valence-corrected chi connectivity index (χ1v) is 10.6. The van der Waals surface area contributed by atoms with Crippen molar-refractivity contribution in [3.8, 4) is 0 Å². The molecule has 1 unspecified atom stereocenters. The Morgan fingerprint density at radius 1 is 1.21 bits per heavy atom. The summed E-state index contributed by atoms with van der Waals surface area (Å²) in [4.78, 5) is 48.5. The van der Waals surface area contributed by atoms with Gasteiger partial charge in [-0.2, -0.15) is 0 Å². The molecule has 158 valence electrons. The Balaban J connectivity index is 2.15. The van der Waals surface area contributed by atoms with E-state index in [9.17, 15) is 32.9 Å². The maximum absolute atomic E-state index is 12.5. The van der Waals surface area contributed by atoms with Crippen LogP contribution in [0.1, 0.15) is 34.6 Å². The monoisotopic (exact) mass is 427 g/mol. The van der Waals surface area contributed by atoms with E-state index in [0.29, 0.717) is 0 Å². The molecule has 2 amide bonds. The molecule has 1 aromatic carbocycles. The van der Waals surface area contributed by atoms with Crippen LogP contribution in [0.4, 0.5) is 5.69 Å². The van der Waals surface area contributed by atoms with Crippen molar-refractivity contribution < 1.29 is 32.5 Å². The van der Waals surface area contributed by atoms with Crippen molar-refractivity contribution in [1.29, 1.82) is 0 Å². The number of hydrogen-bond acceptors (Lipinski definition) is 8. The number of carbonyl (C=O) groups excluding carboxylic acids is 3. The Kier molecular flexibility index (Phi) is 6.90. The SMILES string of the molecule is CCOC(=O)c1cc(C(=O)NC(C)C(=O)N2CCS(=O)(=O)CC2)cc([N+](=O)[O-])c1. The number of nitro groups is 1. The third-order valence-corrected chi connectivity index (χ3v) is 5.89. The summed E-state index contributed by atoms with van der Waals surface area (Å²) < 4.78 is 27.8. The third kappa shape index (κ3) is 5.73. The van der Waals surface area contributed by atoms with Gasteiger partial charge in [0.1, 0.15) is 6.04 Å². The van der Waals surface area contributed by atoms with Gasteiger partial charge in [-0.15, -0.1) is 0 Å². The molecule has 0 saturated carbocycles. The number of rotatable bonds is 6. The number of nitro benzene ring substituents is 1. The number of hydrogen-bond donors (Lipinski definition) is 1. The van der Waals surface area contributed by atoms with Gasteiger partial charge in [0, 0.05) is 30.8 Å². The molecular formula is C17H21N3O8S. The number of sulfone groups is 1. The van der Waals surface area contributed by atoms with Gasteiger partial charge in [0.15, 0.2) is 9.84 Å². The van der Waals surface area contributed by atoms with E-state index < -0.39 is 44.3 Å². The second kappa shape index (κ2) is 8.99. The topological polar surface area (TPSA) is 153 Å². The summed E-state index contributed by atoms with van der Waals surface area (Å²) in [6.45, 7) is 3.12. The van der Waals surface area contributed by atoms with Crippen LogP contribution in [0.3, 0.4) is 0 Å². The van der Waals surface area contributed by atoms with E-state index >= 15 is 0 Å². The van der Waals surface area contributed by atoms with Crippen molar-refractivity contribution in [2.24, 2.45) is 0 Å². The average molecular weight is 427 g/mol. The lowest BCUT2D eigenvalue weighted by molar-refractivity contribution is -0.384. The molecule has 2 rings (SSSR count). The Morgan fingerprint density at radius 3 is 2.34 bits per heavy atom. The van der Waals surface area contributed by atoms with Crippen LogP contribution < -0.4 is 5.32 Å². The van der Waals surface area contributed by atoms with Gasteiger partial charge >= 0.3 is 5.97 Å². The fourth-order valence-corrected chi connectivity index (χ4v) is 3.93. The lowest BCUT2D eigenvalue weighted by Crippen LogP contribution is -2.51. The molecule has 0 aromatic heterocycles. The summed E-state index contributed by atoms with van der Waals surface area (Å²) in [6, 6.07) is 2.14. The molecule has 12 heteroatoms. The summed E-state index contributed by atoms with van der Waals surface area (Å²) in [6.07, 6.45) is 0. The van der Waals surface area contributed by atoms with Crippen LogP contribution in [0.5, 0.6) is 0 Å². The second-order valence-corrected chi connectivity index (χ2v) is 8.72. The van der Waals surface area contributed by atoms with Crippen LogP contribution >= 0.6 is 0 Å². The minimum Gasteiger partial charge on any atom is -0.462 e. The standard InChI is InChI=1S/C17H21N3O8S/c1-3-28-17(23)13-8-12(9-14(10-13)20(24)25)15(21)18-11(2)16(22)19-4-6-29(26,27)7-5-19/h8-11H,3-7H2,1-2H3,(H,18,21). The van der Waals surface area contributed by atoms with Crippen molar-refractivity contribution in [2.75, 3.05) is 31.2 Å². The first-order chi connectivity index (χ1) is 13.5. The summed E-state index contributed by atoms with van der Waals surface area (Å²) in [5, 5.41) is 13.5. The second-order valence-electron chi connectivity index (χ2n) is 6.42. The number of amides is 2. The molecule has 11 nitrogen and oxygen atoms in total. The molecule has 0 aliphatic carbocycles. The van der Waals surface area contributed by atoms with Crippen LogP contribution in [0.15, 0.2) is 18.2 Å². The van der Waals surface area contributed by atoms with Crippen LogP contribution in [0.25, 0.3) is 0 Å². The fraction of sp³-hybridized carbons (Fsp3) is 0.471.